The number of pyridine rings is 1. The minimum Gasteiger partial charge on any atom is -0.370 e. The van der Waals surface area contributed by atoms with Gasteiger partial charge in [-0.1, -0.05) is 6.42 Å². The van der Waals surface area contributed by atoms with E-state index in [-0.39, 0.29) is 0 Å². The number of anilines is 1. The summed E-state index contributed by atoms with van der Waals surface area (Å²) in [5.41, 5.74) is -0.707. The molecular formula is C11H13F3N2. The number of rotatable bonds is 3. The van der Waals surface area contributed by atoms with E-state index in [4.69, 9.17) is 0 Å². The highest BCUT2D eigenvalue weighted by molar-refractivity contribution is 5.36. The van der Waals surface area contributed by atoms with Crippen molar-refractivity contribution in [2.24, 2.45) is 5.92 Å². The molecule has 0 unspecified atom stereocenters. The van der Waals surface area contributed by atoms with Crippen molar-refractivity contribution in [1.82, 2.24) is 4.98 Å². The predicted molar refractivity (Wildman–Crippen MR) is 55.1 cm³/mol. The largest absolute Gasteiger partial charge is 0.417 e. The van der Waals surface area contributed by atoms with E-state index >= 15 is 0 Å². The van der Waals surface area contributed by atoms with Crippen LogP contribution in [0.5, 0.6) is 0 Å². The molecule has 88 valence electrons. The third-order valence-corrected chi connectivity index (χ3v) is 2.89. The molecule has 1 aromatic rings. The molecule has 1 aromatic heterocycles. The molecule has 0 spiro atoms. The van der Waals surface area contributed by atoms with Gasteiger partial charge in [0.25, 0.3) is 0 Å². The minimum absolute atomic E-state index is 0.514. The zero-order chi connectivity index (χ0) is 11.6. The summed E-state index contributed by atoms with van der Waals surface area (Å²) in [6, 6.07) is 2.43. The first-order valence-electron chi connectivity index (χ1n) is 5.33. The van der Waals surface area contributed by atoms with Crippen LogP contribution in [-0.4, -0.2) is 11.5 Å². The number of alkyl halides is 3. The van der Waals surface area contributed by atoms with Gasteiger partial charge in [-0.25, -0.2) is 4.98 Å². The average molecular weight is 230 g/mol. The maximum Gasteiger partial charge on any atom is 0.417 e. The number of hydrogen-bond donors (Lipinski definition) is 1. The summed E-state index contributed by atoms with van der Waals surface area (Å²) in [6.07, 6.45) is 0.219. The van der Waals surface area contributed by atoms with Crippen LogP contribution in [0.4, 0.5) is 19.0 Å². The van der Waals surface area contributed by atoms with Crippen molar-refractivity contribution < 1.29 is 13.2 Å². The van der Waals surface area contributed by atoms with Crippen molar-refractivity contribution in [2.75, 3.05) is 11.9 Å². The molecule has 0 saturated heterocycles. The molecule has 0 atom stereocenters. The first-order valence-corrected chi connectivity index (χ1v) is 5.33. The fourth-order valence-corrected chi connectivity index (χ4v) is 1.61. The van der Waals surface area contributed by atoms with Gasteiger partial charge in [0.05, 0.1) is 5.56 Å². The van der Waals surface area contributed by atoms with Crippen LogP contribution in [0.2, 0.25) is 0 Å². The molecule has 0 radical (unpaired) electrons. The van der Waals surface area contributed by atoms with E-state index in [0.717, 1.165) is 18.8 Å². The van der Waals surface area contributed by atoms with Crippen LogP contribution < -0.4 is 5.32 Å². The lowest BCUT2D eigenvalue weighted by molar-refractivity contribution is -0.137. The zero-order valence-corrected chi connectivity index (χ0v) is 8.72. The normalized spacial score (nSPS) is 16.9. The number of halogens is 3. The zero-order valence-electron chi connectivity index (χ0n) is 8.72. The lowest BCUT2D eigenvalue weighted by Crippen LogP contribution is -2.21. The van der Waals surface area contributed by atoms with Crippen LogP contribution in [0.1, 0.15) is 24.8 Å². The molecule has 1 heterocycles. The number of aromatic nitrogens is 1. The van der Waals surface area contributed by atoms with Crippen LogP contribution >= 0.6 is 0 Å². The summed E-state index contributed by atoms with van der Waals surface area (Å²) in [6.45, 7) is 0.804. The third-order valence-electron chi connectivity index (χ3n) is 2.89. The van der Waals surface area contributed by atoms with Crippen molar-refractivity contribution in [1.29, 1.82) is 0 Å². The Balaban J connectivity index is 1.91. The average Bonchev–Trinajstić information content (AvgIpc) is 2.15. The van der Waals surface area contributed by atoms with Crippen molar-refractivity contribution in [3.63, 3.8) is 0 Å². The van der Waals surface area contributed by atoms with Crippen LogP contribution in [0.3, 0.4) is 0 Å². The van der Waals surface area contributed by atoms with Gasteiger partial charge in [-0.2, -0.15) is 13.2 Å². The van der Waals surface area contributed by atoms with Crippen LogP contribution in [0, 0.1) is 5.92 Å². The molecular weight excluding hydrogens is 217 g/mol. The Kier molecular flexibility index (Phi) is 3.03. The molecule has 2 rings (SSSR count). The summed E-state index contributed by atoms with van der Waals surface area (Å²) < 4.78 is 36.7. The summed E-state index contributed by atoms with van der Waals surface area (Å²) in [4.78, 5) is 3.74. The number of hydrogen-bond acceptors (Lipinski definition) is 2. The fourth-order valence-electron chi connectivity index (χ4n) is 1.61. The van der Waals surface area contributed by atoms with E-state index in [1.54, 1.807) is 0 Å². The molecule has 16 heavy (non-hydrogen) atoms. The molecule has 2 nitrogen and oxygen atoms in total. The minimum atomic E-state index is -4.31. The molecule has 1 N–H and O–H groups in total. The maximum absolute atomic E-state index is 12.2. The predicted octanol–water partition coefficient (Wildman–Crippen LogP) is 3.31. The molecule has 1 aliphatic carbocycles. The van der Waals surface area contributed by atoms with E-state index in [1.807, 2.05) is 0 Å². The Bertz CT molecular complexity index is 341. The van der Waals surface area contributed by atoms with E-state index in [1.165, 1.54) is 25.3 Å². The summed E-state index contributed by atoms with van der Waals surface area (Å²) in [5, 5.41) is 3.05. The highest BCUT2D eigenvalue weighted by atomic mass is 19.4. The first kappa shape index (κ1) is 11.2. The highest BCUT2D eigenvalue weighted by Gasteiger charge is 2.30. The van der Waals surface area contributed by atoms with Gasteiger partial charge in [-0.05, 0) is 30.9 Å². The van der Waals surface area contributed by atoms with Gasteiger partial charge in [-0.15, -0.1) is 0 Å². The Hall–Kier alpha value is -1.26. The lowest BCUT2D eigenvalue weighted by Gasteiger charge is -2.25. The Morgan fingerprint density at radius 1 is 1.31 bits per heavy atom. The molecule has 5 heteroatoms. The Morgan fingerprint density at radius 2 is 2.06 bits per heavy atom. The van der Waals surface area contributed by atoms with Crippen LogP contribution in [0.25, 0.3) is 0 Å². The lowest BCUT2D eigenvalue weighted by atomic mass is 9.85. The monoisotopic (exact) mass is 230 g/mol. The summed E-state index contributed by atoms with van der Waals surface area (Å²) >= 11 is 0. The van der Waals surface area contributed by atoms with Gasteiger partial charge in [0.1, 0.15) is 5.82 Å². The molecule has 0 aliphatic heterocycles. The van der Waals surface area contributed by atoms with E-state index in [0.29, 0.717) is 11.7 Å². The molecule has 0 bridgehead atoms. The van der Waals surface area contributed by atoms with Crippen molar-refractivity contribution in [3.8, 4) is 0 Å². The molecule has 1 saturated carbocycles. The fraction of sp³-hybridized carbons (Fsp3) is 0.545. The SMILES string of the molecule is FC(F)(F)c1ccc(NCC2CCC2)nc1. The number of nitrogens with one attached hydrogen (secondary N) is 1. The standard InChI is InChI=1S/C11H13F3N2/c12-11(13,14)9-4-5-10(16-7-9)15-6-8-2-1-3-8/h4-5,7-8H,1-3,6H2,(H,15,16). The summed E-state index contributed by atoms with van der Waals surface area (Å²) in [5.74, 6) is 1.17. The molecule has 1 fully saturated rings. The highest BCUT2D eigenvalue weighted by Crippen LogP contribution is 2.29. The van der Waals surface area contributed by atoms with Crippen molar-refractivity contribution in [3.05, 3.63) is 23.9 Å². The van der Waals surface area contributed by atoms with Gasteiger partial charge in [-0.3, -0.25) is 0 Å². The van der Waals surface area contributed by atoms with E-state index < -0.39 is 11.7 Å². The number of nitrogens with zero attached hydrogens (tertiary/aromatic N) is 1. The van der Waals surface area contributed by atoms with Gasteiger partial charge >= 0.3 is 6.18 Å². The molecule has 1 aliphatic rings. The quantitative estimate of drug-likeness (QED) is 0.861. The van der Waals surface area contributed by atoms with Crippen LogP contribution in [-0.2, 0) is 6.18 Å². The van der Waals surface area contributed by atoms with E-state index in [2.05, 4.69) is 10.3 Å². The summed E-state index contributed by atoms with van der Waals surface area (Å²) in [7, 11) is 0. The van der Waals surface area contributed by atoms with Crippen molar-refractivity contribution >= 4 is 5.82 Å². The molecule has 0 amide bonds. The van der Waals surface area contributed by atoms with Crippen molar-refractivity contribution in [2.45, 2.75) is 25.4 Å². The van der Waals surface area contributed by atoms with Gasteiger partial charge in [0, 0.05) is 12.7 Å². The van der Waals surface area contributed by atoms with Crippen LogP contribution in [0.15, 0.2) is 18.3 Å². The second kappa shape index (κ2) is 4.31. The van der Waals surface area contributed by atoms with Gasteiger partial charge in [0.15, 0.2) is 0 Å². The smallest absolute Gasteiger partial charge is 0.370 e. The second-order valence-electron chi connectivity index (χ2n) is 4.11. The van der Waals surface area contributed by atoms with Gasteiger partial charge in [0.2, 0.25) is 0 Å². The first-order chi connectivity index (χ1) is 7.55. The third kappa shape index (κ3) is 2.65. The van der Waals surface area contributed by atoms with E-state index in [9.17, 15) is 13.2 Å². The molecule has 0 aromatic carbocycles. The Morgan fingerprint density at radius 3 is 2.50 bits per heavy atom. The Labute approximate surface area is 91.9 Å². The second-order valence-corrected chi connectivity index (χ2v) is 4.11. The van der Waals surface area contributed by atoms with Gasteiger partial charge < -0.3 is 5.32 Å². The maximum atomic E-state index is 12.2. The topological polar surface area (TPSA) is 24.9 Å².